The third-order valence-electron chi connectivity index (χ3n) is 6.00. The summed E-state index contributed by atoms with van der Waals surface area (Å²) in [5, 5.41) is 4.47. The Morgan fingerprint density at radius 1 is 1.18 bits per heavy atom. The summed E-state index contributed by atoms with van der Waals surface area (Å²) in [6, 6.07) is -2.05. The molecule has 1 unspecified atom stereocenters. The van der Waals surface area contributed by atoms with E-state index < -0.39 is 70.7 Å². The molecular formula is C26H38BrClN4O8. The minimum absolute atomic E-state index is 0.0411. The fourth-order valence-electron chi connectivity index (χ4n) is 3.97. The number of hydrogen-bond donors (Lipinski definition) is 3. The summed E-state index contributed by atoms with van der Waals surface area (Å²) in [4.78, 5) is 65.2. The van der Waals surface area contributed by atoms with Crippen molar-refractivity contribution in [3.63, 3.8) is 0 Å². The molecule has 0 aliphatic carbocycles. The van der Waals surface area contributed by atoms with Crippen LogP contribution in [0.1, 0.15) is 61.1 Å². The summed E-state index contributed by atoms with van der Waals surface area (Å²) in [5.74, 6) is -2.03. The van der Waals surface area contributed by atoms with Gasteiger partial charge in [0.25, 0.3) is 5.56 Å². The van der Waals surface area contributed by atoms with Crippen LogP contribution in [0.15, 0.2) is 32.9 Å². The number of alkyl carbamates (subject to hydrolysis) is 1. The number of nitrogens with one attached hydrogen (secondary N) is 3. The average molecular weight is 650 g/mol. The van der Waals surface area contributed by atoms with Crippen LogP contribution >= 0.6 is 27.5 Å². The molecule has 0 aromatic carbocycles. The second-order valence-electron chi connectivity index (χ2n) is 11.2. The number of alkyl halides is 1. The van der Waals surface area contributed by atoms with Crippen molar-refractivity contribution in [2.24, 2.45) is 11.8 Å². The number of halogens is 2. The number of esters is 1. The van der Waals surface area contributed by atoms with Crippen LogP contribution in [0.5, 0.6) is 0 Å². The molecule has 1 aromatic rings. The number of aromatic amines is 1. The van der Waals surface area contributed by atoms with Gasteiger partial charge in [0.15, 0.2) is 0 Å². The van der Waals surface area contributed by atoms with Crippen LogP contribution in [0.3, 0.4) is 0 Å². The molecule has 3 N–H and O–H groups in total. The number of ether oxygens (including phenoxy) is 3. The van der Waals surface area contributed by atoms with E-state index in [1.165, 1.54) is 12.3 Å². The summed E-state index contributed by atoms with van der Waals surface area (Å²) in [7, 11) is 0. The Bertz CT molecular complexity index is 1210. The van der Waals surface area contributed by atoms with Gasteiger partial charge < -0.3 is 24.8 Å². The van der Waals surface area contributed by atoms with Gasteiger partial charge in [0, 0.05) is 12.6 Å². The van der Waals surface area contributed by atoms with Crippen molar-refractivity contribution in [1.82, 2.24) is 20.2 Å². The van der Waals surface area contributed by atoms with Gasteiger partial charge in [0.1, 0.15) is 36.1 Å². The summed E-state index contributed by atoms with van der Waals surface area (Å²) in [6.07, 6.45) is -0.701. The fraction of sp³-hybridized carbons (Fsp3) is 0.654. The zero-order valence-corrected chi connectivity index (χ0v) is 26.0. The predicted molar refractivity (Wildman–Crippen MR) is 152 cm³/mol. The van der Waals surface area contributed by atoms with Crippen LogP contribution in [0, 0.1) is 11.8 Å². The standard InChI is InChI=1S/C26H38BrClN4O8/c1-9-15(28)20-16(10-17(39-20)32-11-14(27)21(33)31-24(32)36)38-23(35)19(13(4)5)29-22(34)18(12(2)3)30-25(37)40-26(6,7)8/h9,11-13,15-20H,1,10H2,2-8H3,(H,29,34)(H,30,37)(H,31,33,36)/t15?,16-,17+,18-,19-,20+/m0/s1. The van der Waals surface area contributed by atoms with Crippen LogP contribution in [0.4, 0.5) is 4.79 Å². The number of hydrogen-bond acceptors (Lipinski definition) is 8. The lowest BCUT2D eigenvalue weighted by Crippen LogP contribution is -2.56. The van der Waals surface area contributed by atoms with Gasteiger partial charge in [-0.1, -0.05) is 33.8 Å². The minimum Gasteiger partial charge on any atom is -0.458 e. The molecule has 2 amide bonds. The first-order chi connectivity index (χ1) is 18.4. The van der Waals surface area contributed by atoms with Crippen molar-refractivity contribution >= 4 is 45.5 Å². The Kier molecular flexibility index (Phi) is 11.6. The average Bonchev–Trinajstić information content (AvgIpc) is 3.24. The van der Waals surface area contributed by atoms with E-state index >= 15 is 0 Å². The highest BCUT2D eigenvalue weighted by Gasteiger charge is 2.44. The van der Waals surface area contributed by atoms with Gasteiger partial charge in [-0.15, -0.1) is 18.2 Å². The Morgan fingerprint density at radius 3 is 2.30 bits per heavy atom. The molecule has 1 fully saturated rings. The Hall–Kier alpha value is -2.64. The lowest BCUT2D eigenvalue weighted by Gasteiger charge is -2.29. The van der Waals surface area contributed by atoms with Gasteiger partial charge >= 0.3 is 17.8 Å². The predicted octanol–water partition coefficient (Wildman–Crippen LogP) is 2.98. The van der Waals surface area contributed by atoms with E-state index in [4.69, 9.17) is 25.8 Å². The first-order valence-electron chi connectivity index (χ1n) is 12.9. The zero-order valence-electron chi connectivity index (χ0n) is 23.7. The molecular weight excluding hydrogens is 612 g/mol. The largest absolute Gasteiger partial charge is 0.458 e. The molecule has 14 heteroatoms. The summed E-state index contributed by atoms with van der Waals surface area (Å²) in [5.41, 5.74) is -2.07. The second-order valence-corrected chi connectivity index (χ2v) is 12.5. The smallest absolute Gasteiger partial charge is 0.408 e. The lowest BCUT2D eigenvalue weighted by atomic mass is 10.00. The van der Waals surface area contributed by atoms with Crippen molar-refractivity contribution in [3.05, 3.63) is 44.2 Å². The fourth-order valence-corrected chi connectivity index (χ4v) is 4.51. The number of rotatable bonds is 10. The number of carbonyl (C=O) groups is 3. The van der Waals surface area contributed by atoms with E-state index in [2.05, 4.69) is 38.1 Å². The molecule has 1 aliphatic rings. The van der Waals surface area contributed by atoms with E-state index in [0.717, 1.165) is 4.57 Å². The number of carbonyl (C=O) groups excluding carboxylic acids is 3. The third-order valence-corrected chi connectivity index (χ3v) is 6.99. The van der Waals surface area contributed by atoms with E-state index in [-0.39, 0.29) is 22.7 Å². The Balaban J connectivity index is 2.23. The van der Waals surface area contributed by atoms with Gasteiger partial charge in [-0.05, 0) is 48.5 Å². The summed E-state index contributed by atoms with van der Waals surface area (Å²) in [6.45, 7) is 15.7. The SMILES string of the molecule is C=CC(Cl)[C@H]1O[C@@H](n2cc(Br)c(=O)[nH]c2=O)C[C@@H]1OC(=O)[C@@H](NC(=O)[C@@H](NC(=O)OC(C)(C)C)C(C)C)C(C)C. The quantitative estimate of drug-likeness (QED) is 0.198. The molecule has 1 aromatic heterocycles. The summed E-state index contributed by atoms with van der Waals surface area (Å²) >= 11 is 9.47. The second kappa shape index (κ2) is 13.8. The zero-order chi connectivity index (χ0) is 30.5. The van der Waals surface area contributed by atoms with E-state index in [1.807, 2.05) is 0 Å². The summed E-state index contributed by atoms with van der Waals surface area (Å²) < 4.78 is 18.3. The molecule has 2 rings (SSSR count). The van der Waals surface area contributed by atoms with E-state index in [1.54, 1.807) is 48.5 Å². The van der Waals surface area contributed by atoms with Crippen molar-refractivity contribution < 1.29 is 28.6 Å². The molecule has 1 aliphatic heterocycles. The monoisotopic (exact) mass is 648 g/mol. The van der Waals surface area contributed by atoms with Crippen molar-refractivity contribution in [2.75, 3.05) is 0 Å². The van der Waals surface area contributed by atoms with Gasteiger partial charge in [0.2, 0.25) is 5.91 Å². The van der Waals surface area contributed by atoms with E-state index in [9.17, 15) is 24.0 Å². The maximum absolute atomic E-state index is 13.3. The van der Waals surface area contributed by atoms with Gasteiger partial charge in [-0.2, -0.15) is 0 Å². The molecule has 0 spiro atoms. The van der Waals surface area contributed by atoms with E-state index in [0.29, 0.717) is 0 Å². The maximum Gasteiger partial charge on any atom is 0.408 e. The minimum atomic E-state index is -1.07. The van der Waals surface area contributed by atoms with Crippen LogP contribution in [0.25, 0.3) is 0 Å². The third kappa shape index (κ3) is 8.93. The van der Waals surface area contributed by atoms with Gasteiger partial charge in [-0.3, -0.25) is 19.1 Å². The molecule has 0 radical (unpaired) electrons. The maximum atomic E-state index is 13.3. The highest BCUT2D eigenvalue weighted by molar-refractivity contribution is 9.10. The molecule has 2 heterocycles. The molecule has 40 heavy (non-hydrogen) atoms. The molecule has 224 valence electrons. The van der Waals surface area contributed by atoms with Crippen LogP contribution in [-0.4, -0.2) is 62.8 Å². The van der Waals surface area contributed by atoms with Crippen LogP contribution < -0.4 is 21.9 Å². The molecule has 6 atom stereocenters. The number of amides is 2. The number of H-pyrrole nitrogens is 1. The topological polar surface area (TPSA) is 158 Å². The van der Waals surface area contributed by atoms with Crippen molar-refractivity contribution in [3.8, 4) is 0 Å². The Labute approximate surface area is 246 Å². The molecule has 1 saturated heterocycles. The highest BCUT2D eigenvalue weighted by atomic mass is 79.9. The van der Waals surface area contributed by atoms with Crippen molar-refractivity contribution in [2.45, 2.75) is 96.4 Å². The van der Waals surface area contributed by atoms with Crippen LogP contribution in [0.2, 0.25) is 0 Å². The highest BCUT2D eigenvalue weighted by Crippen LogP contribution is 2.34. The molecule has 0 saturated carbocycles. The number of nitrogens with zero attached hydrogens (tertiary/aromatic N) is 1. The lowest BCUT2D eigenvalue weighted by molar-refractivity contribution is -0.157. The first kappa shape index (κ1) is 33.6. The van der Waals surface area contributed by atoms with Gasteiger partial charge in [0.05, 0.1) is 9.85 Å². The van der Waals surface area contributed by atoms with Crippen LogP contribution in [-0.2, 0) is 23.8 Å². The van der Waals surface area contributed by atoms with Gasteiger partial charge in [-0.25, -0.2) is 14.4 Å². The molecule has 12 nitrogen and oxygen atoms in total. The number of aromatic nitrogens is 2. The van der Waals surface area contributed by atoms with Crippen molar-refractivity contribution in [1.29, 1.82) is 0 Å². The first-order valence-corrected chi connectivity index (χ1v) is 14.1. The normalized spacial score (nSPS) is 21.4. The molecule has 0 bridgehead atoms. The Morgan fingerprint density at radius 2 is 1.77 bits per heavy atom.